The van der Waals surface area contributed by atoms with E-state index in [1.807, 2.05) is 0 Å². The Kier molecular flexibility index (Phi) is 3.05. The average Bonchev–Trinajstić information content (AvgIpc) is 2.68. The molecular formula is C16H14. The summed E-state index contributed by atoms with van der Waals surface area (Å²) >= 11 is 0. The minimum Gasteiger partial charge on any atom is -0.137 e. The molecule has 0 nitrogen and oxygen atoms in total. The molecule has 0 amide bonds. The molecular weight excluding hydrogens is 192 g/mol. The maximum absolute atomic E-state index is 3.12. The molecule has 1 aliphatic carbocycles. The Hall–Kier alpha value is -2.04. The molecule has 0 spiro atoms. The van der Waals surface area contributed by atoms with Gasteiger partial charge >= 0.3 is 0 Å². The molecule has 1 aliphatic rings. The van der Waals surface area contributed by atoms with Crippen molar-refractivity contribution in [2.45, 2.75) is 6.42 Å². The lowest BCUT2D eigenvalue weighted by atomic mass is 10.1. The van der Waals surface area contributed by atoms with E-state index in [1.54, 1.807) is 0 Å². The first-order chi connectivity index (χ1) is 7.86. The number of benzene rings is 2. The maximum atomic E-state index is 3.12. The molecule has 0 aromatic heterocycles. The highest BCUT2D eigenvalue weighted by molar-refractivity contribution is 5.76. The van der Waals surface area contributed by atoms with Crippen LogP contribution in [0.5, 0.6) is 0 Å². The van der Waals surface area contributed by atoms with Gasteiger partial charge in [0.05, 0.1) is 0 Å². The van der Waals surface area contributed by atoms with Gasteiger partial charge in [0, 0.05) is 0 Å². The van der Waals surface area contributed by atoms with Gasteiger partial charge in [-0.05, 0) is 28.7 Å². The lowest BCUT2D eigenvalue weighted by Crippen LogP contribution is -1.77. The van der Waals surface area contributed by atoms with E-state index in [1.165, 1.54) is 22.3 Å². The first-order valence-corrected chi connectivity index (χ1v) is 5.32. The molecule has 2 aromatic rings. The second kappa shape index (κ2) is 4.65. The predicted molar refractivity (Wildman–Crippen MR) is 69.5 cm³/mol. The smallest absolute Gasteiger partial charge is 0.00135 e. The van der Waals surface area contributed by atoms with Crippen LogP contribution in [0.2, 0.25) is 0 Å². The molecule has 16 heavy (non-hydrogen) atoms. The van der Waals surface area contributed by atoms with Crippen LogP contribution in [-0.4, -0.2) is 0 Å². The quantitative estimate of drug-likeness (QED) is 0.483. The van der Waals surface area contributed by atoms with Crippen molar-refractivity contribution < 1.29 is 0 Å². The fraction of sp³-hybridized carbons (Fsp3) is 0.0625. The Morgan fingerprint density at radius 1 is 0.750 bits per heavy atom. The predicted octanol–water partition coefficient (Wildman–Crippen LogP) is 4.22. The lowest BCUT2D eigenvalue weighted by molar-refractivity contribution is 1.26. The fourth-order valence-electron chi connectivity index (χ4n) is 2.08. The molecule has 0 heterocycles. The van der Waals surface area contributed by atoms with E-state index >= 15 is 0 Å². The monoisotopic (exact) mass is 206 g/mol. The summed E-state index contributed by atoms with van der Waals surface area (Å²) in [7, 11) is 0. The third kappa shape index (κ3) is 1.84. The van der Waals surface area contributed by atoms with Crippen LogP contribution >= 0.6 is 0 Å². The van der Waals surface area contributed by atoms with Crippen molar-refractivity contribution in [3.8, 4) is 11.1 Å². The summed E-state index contributed by atoms with van der Waals surface area (Å²) in [6.45, 7) is 6.25. The van der Waals surface area contributed by atoms with E-state index in [-0.39, 0.29) is 0 Å². The molecule has 0 radical (unpaired) electrons. The van der Waals surface area contributed by atoms with Crippen molar-refractivity contribution >= 4 is 0 Å². The topological polar surface area (TPSA) is 0 Å². The number of fused-ring (bicyclic) bond motifs is 3. The number of rotatable bonds is 0. The summed E-state index contributed by atoms with van der Waals surface area (Å²) in [6.07, 6.45) is 1.10. The Balaban J connectivity index is 0.000000292. The molecule has 0 unspecified atom stereocenters. The second-order valence-electron chi connectivity index (χ2n) is 3.74. The summed E-state index contributed by atoms with van der Waals surface area (Å²) < 4.78 is 0. The standard InChI is InChI=1S/C13H10.C3H4/c1-3-7-12-10(5-1)9-11-6-2-4-8-13(11)12;1-3-2/h1-8H,9H2;1-2H2. The molecule has 2 aromatic carbocycles. The van der Waals surface area contributed by atoms with Gasteiger partial charge in [0.25, 0.3) is 0 Å². The largest absolute Gasteiger partial charge is 0.137 e. The SMILES string of the molecule is C=C=C.c1ccc2c(c1)Cc1ccccc1-2. The van der Waals surface area contributed by atoms with Crippen molar-refractivity contribution in [2.75, 3.05) is 0 Å². The van der Waals surface area contributed by atoms with Crippen LogP contribution in [0.15, 0.2) is 67.4 Å². The highest BCUT2D eigenvalue weighted by Crippen LogP contribution is 2.35. The Morgan fingerprint density at radius 3 is 1.56 bits per heavy atom. The molecule has 0 fully saturated rings. The zero-order valence-electron chi connectivity index (χ0n) is 9.24. The molecule has 0 atom stereocenters. The highest BCUT2D eigenvalue weighted by Gasteiger charge is 2.15. The molecule has 0 aliphatic heterocycles. The van der Waals surface area contributed by atoms with Crippen molar-refractivity contribution in [3.05, 3.63) is 78.5 Å². The van der Waals surface area contributed by atoms with E-state index < -0.39 is 0 Å². The van der Waals surface area contributed by atoms with Crippen LogP contribution in [0.25, 0.3) is 11.1 Å². The zero-order chi connectivity index (χ0) is 11.4. The summed E-state index contributed by atoms with van der Waals surface area (Å²) in [4.78, 5) is 0. The normalized spacial score (nSPS) is 10.5. The van der Waals surface area contributed by atoms with Gasteiger partial charge < -0.3 is 0 Å². The minimum absolute atomic E-state index is 1.10. The van der Waals surface area contributed by atoms with E-state index in [2.05, 4.69) is 67.4 Å². The third-order valence-electron chi connectivity index (χ3n) is 2.71. The van der Waals surface area contributed by atoms with Crippen LogP contribution in [0.3, 0.4) is 0 Å². The van der Waals surface area contributed by atoms with Gasteiger partial charge in [0.2, 0.25) is 0 Å². The minimum atomic E-state index is 1.10. The summed E-state index contributed by atoms with van der Waals surface area (Å²) in [5, 5.41) is 0. The maximum Gasteiger partial charge on any atom is -0.00135 e. The van der Waals surface area contributed by atoms with Gasteiger partial charge in [-0.25, -0.2) is 0 Å². The summed E-state index contributed by atoms with van der Waals surface area (Å²) in [5.41, 5.74) is 8.00. The second-order valence-corrected chi connectivity index (χ2v) is 3.74. The zero-order valence-corrected chi connectivity index (χ0v) is 9.24. The average molecular weight is 206 g/mol. The number of hydrogen-bond donors (Lipinski definition) is 0. The van der Waals surface area contributed by atoms with Crippen molar-refractivity contribution in [2.24, 2.45) is 0 Å². The van der Waals surface area contributed by atoms with E-state index in [4.69, 9.17) is 0 Å². The van der Waals surface area contributed by atoms with Gasteiger partial charge in [-0.1, -0.05) is 61.7 Å². The van der Waals surface area contributed by atoms with Crippen molar-refractivity contribution in [1.82, 2.24) is 0 Å². The van der Waals surface area contributed by atoms with E-state index in [0.29, 0.717) is 0 Å². The first kappa shape index (κ1) is 10.5. The van der Waals surface area contributed by atoms with Crippen molar-refractivity contribution in [1.29, 1.82) is 0 Å². The Labute approximate surface area is 96.6 Å². The first-order valence-electron chi connectivity index (χ1n) is 5.32. The highest BCUT2D eigenvalue weighted by atomic mass is 14.2. The van der Waals surface area contributed by atoms with Gasteiger partial charge in [-0.3, -0.25) is 0 Å². The van der Waals surface area contributed by atoms with Crippen molar-refractivity contribution in [3.63, 3.8) is 0 Å². The molecule has 78 valence electrons. The van der Waals surface area contributed by atoms with Crippen LogP contribution in [-0.2, 0) is 6.42 Å². The van der Waals surface area contributed by atoms with Gasteiger partial charge in [-0.15, -0.1) is 5.73 Å². The van der Waals surface area contributed by atoms with Crippen LogP contribution in [0, 0.1) is 0 Å². The molecule has 0 saturated heterocycles. The summed E-state index contributed by atoms with van der Waals surface area (Å²) in [6, 6.07) is 17.3. The Bertz CT molecular complexity index is 486. The molecule has 0 bridgehead atoms. The Morgan fingerprint density at radius 2 is 1.12 bits per heavy atom. The van der Waals surface area contributed by atoms with Crippen LogP contribution < -0.4 is 0 Å². The van der Waals surface area contributed by atoms with E-state index in [0.717, 1.165) is 6.42 Å². The van der Waals surface area contributed by atoms with Gasteiger partial charge in [0.1, 0.15) is 0 Å². The molecule has 3 rings (SSSR count). The molecule has 0 heteroatoms. The molecule has 0 saturated carbocycles. The van der Waals surface area contributed by atoms with E-state index in [9.17, 15) is 0 Å². The number of hydrogen-bond acceptors (Lipinski definition) is 0. The van der Waals surface area contributed by atoms with Crippen LogP contribution in [0.4, 0.5) is 0 Å². The van der Waals surface area contributed by atoms with Gasteiger partial charge in [-0.2, -0.15) is 0 Å². The molecule has 0 N–H and O–H groups in total. The van der Waals surface area contributed by atoms with Gasteiger partial charge in [0.15, 0.2) is 0 Å². The lowest BCUT2D eigenvalue weighted by Gasteiger charge is -1.98. The fourth-order valence-corrected chi connectivity index (χ4v) is 2.08. The van der Waals surface area contributed by atoms with Crippen LogP contribution in [0.1, 0.15) is 11.1 Å². The summed E-state index contributed by atoms with van der Waals surface area (Å²) in [5.74, 6) is 0. The third-order valence-corrected chi connectivity index (χ3v) is 2.71.